The smallest absolute Gasteiger partial charge is 0.260 e. The van der Waals surface area contributed by atoms with E-state index in [9.17, 15) is 19.5 Å². The first kappa shape index (κ1) is 37.3. The lowest BCUT2D eigenvalue weighted by Crippen LogP contribution is -2.50. The van der Waals surface area contributed by atoms with Gasteiger partial charge in [0.15, 0.2) is 6.61 Å². The van der Waals surface area contributed by atoms with Gasteiger partial charge in [-0.25, -0.2) is 0 Å². The van der Waals surface area contributed by atoms with Gasteiger partial charge >= 0.3 is 0 Å². The number of piperazine rings is 1. The van der Waals surface area contributed by atoms with Crippen molar-refractivity contribution in [3.05, 3.63) is 119 Å². The predicted molar refractivity (Wildman–Crippen MR) is 213 cm³/mol. The summed E-state index contributed by atoms with van der Waals surface area (Å²) in [4.78, 5) is 41.4. The van der Waals surface area contributed by atoms with Crippen molar-refractivity contribution >= 4 is 28.6 Å². The summed E-state index contributed by atoms with van der Waals surface area (Å²) in [6.45, 7) is 4.55. The topological polar surface area (TPSA) is 126 Å². The zero-order valence-electron chi connectivity index (χ0n) is 31.9. The summed E-state index contributed by atoms with van der Waals surface area (Å²) < 4.78 is 13.8. The minimum atomic E-state index is -0.473. The van der Waals surface area contributed by atoms with Crippen LogP contribution in [0, 0.1) is 0 Å². The SMILES string of the molecule is Cn1nc([C@H]2CCC(=O)NC2=O)c2ccc(OCC(=O)N3CCN(CCCCOc4ccc([C@@H]5c6ccc(O)cc6CC[C@@H]5c5ccccc5)cc4)CC3)cc21. The highest BCUT2D eigenvalue weighted by Crippen LogP contribution is 2.47. The van der Waals surface area contributed by atoms with E-state index < -0.39 is 5.92 Å². The number of nitrogens with one attached hydrogen (secondary N) is 1. The number of carbonyl (C=O) groups excluding carboxylic acids is 3. The van der Waals surface area contributed by atoms with E-state index in [0.29, 0.717) is 55.6 Å². The van der Waals surface area contributed by atoms with Crippen molar-refractivity contribution in [1.82, 2.24) is 24.9 Å². The van der Waals surface area contributed by atoms with Gasteiger partial charge < -0.3 is 19.5 Å². The average Bonchev–Trinajstić information content (AvgIpc) is 3.54. The molecular formula is C45H49N5O6. The van der Waals surface area contributed by atoms with Gasteiger partial charge in [0.1, 0.15) is 17.2 Å². The molecule has 290 valence electrons. The number of phenolic OH excluding ortho intramolecular Hbond substituents is 1. The Morgan fingerprint density at radius 3 is 2.41 bits per heavy atom. The second-order valence-corrected chi connectivity index (χ2v) is 15.2. The molecule has 3 aliphatic rings. The van der Waals surface area contributed by atoms with Gasteiger partial charge in [0, 0.05) is 57.0 Å². The van der Waals surface area contributed by atoms with Crippen molar-refractivity contribution in [2.24, 2.45) is 7.05 Å². The van der Waals surface area contributed by atoms with Crippen LogP contribution >= 0.6 is 0 Å². The molecule has 0 saturated carbocycles. The molecule has 0 spiro atoms. The molecule has 5 aromatic rings. The fourth-order valence-electron chi connectivity index (χ4n) is 8.70. The number of amides is 3. The maximum Gasteiger partial charge on any atom is 0.260 e. The number of aryl methyl sites for hydroxylation is 2. The fraction of sp³-hybridized carbons (Fsp3) is 0.378. The molecule has 0 radical (unpaired) electrons. The standard InChI is InChI=1S/C45H49N5O6/c1-48-40-28-35(15-18-38(40)44(47-48)39-19-20-41(52)46-45(39)54)56-29-42(53)50-24-22-49(23-25-50)21-5-6-26-55-34-13-9-31(10-14-34)43-36(30-7-3-2-4-8-30)16-11-32-27-33(51)12-17-37(32)43/h2-4,7-10,12-15,17-18,27-28,36,39,43,51H,5-6,11,16,19-26,29H2,1H3,(H,46,52,54)/t36-,39-,43+/m1/s1. The van der Waals surface area contributed by atoms with Crippen molar-refractivity contribution in [2.75, 3.05) is 45.9 Å². The quantitative estimate of drug-likeness (QED) is 0.117. The Labute approximate surface area is 327 Å². The molecule has 4 aromatic carbocycles. The number of carbonyl (C=O) groups is 3. The number of benzene rings is 4. The van der Waals surface area contributed by atoms with E-state index in [1.54, 1.807) is 10.7 Å². The summed E-state index contributed by atoms with van der Waals surface area (Å²) in [6, 6.07) is 30.7. The van der Waals surface area contributed by atoms with Crippen molar-refractivity contribution in [1.29, 1.82) is 0 Å². The molecule has 2 aliphatic heterocycles. The molecule has 0 bridgehead atoms. The van der Waals surface area contributed by atoms with E-state index in [2.05, 4.69) is 76.0 Å². The summed E-state index contributed by atoms with van der Waals surface area (Å²) in [5.74, 6) is 1.26. The molecule has 56 heavy (non-hydrogen) atoms. The highest BCUT2D eigenvalue weighted by molar-refractivity contribution is 6.02. The van der Waals surface area contributed by atoms with Gasteiger partial charge in [0.2, 0.25) is 11.8 Å². The normalized spacial score (nSPS) is 20.1. The molecule has 11 heteroatoms. The minimum Gasteiger partial charge on any atom is -0.508 e. The molecule has 11 nitrogen and oxygen atoms in total. The molecule has 2 N–H and O–H groups in total. The highest BCUT2D eigenvalue weighted by atomic mass is 16.5. The van der Waals surface area contributed by atoms with Gasteiger partial charge in [-0.1, -0.05) is 48.5 Å². The van der Waals surface area contributed by atoms with E-state index >= 15 is 0 Å². The lowest BCUT2D eigenvalue weighted by atomic mass is 9.69. The van der Waals surface area contributed by atoms with Crippen LogP contribution in [-0.2, 0) is 27.9 Å². The average molecular weight is 756 g/mol. The molecule has 3 amide bonds. The van der Waals surface area contributed by atoms with Gasteiger partial charge in [0.25, 0.3) is 5.91 Å². The first-order chi connectivity index (χ1) is 27.3. The number of nitrogens with zero attached hydrogens (tertiary/aromatic N) is 4. The summed E-state index contributed by atoms with van der Waals surface area (Å²) in [5, 5.41) is 18.0. The van der Waals surface area contributed by atoms with Crippen LogP contribution in [0.1, 0.15) is 77.8 Å². The van der Waals surface area contributed by atoms with Gasteiger partial charge in [0.05, 0.1) is 23.7 Å². The summed E-state index contributed by atoms with van der Waals surface area (Å²) >= 11 is 0. The minimum absolute atomic E-state index is 0.0408. The van der Waals surface area contributed by atoms with E-state index in [1.165, 1.54) is 22.3 Å². The van der Waals surface area contributed by atoms with Gasteiger partial charge in [-0.05, 0) is 103 Å². The summed E-state index contributed by atoms with van der Waals surface area (Å²) in [7, 11) is 1.81. The number of piperidine rings is 1. The first-order valence-electron chi connectivity index (χ1n) is 19.8. The molecule has 3 atom stereocenters. The molecule has 0 unspecified atom stereocenters. The molecule has 1 aromatic heterocycles. The van der Waals surface area contributed by atoms with E-state index in [1.807, 2.05) is 36.2 Å². The van der Waals surface area contributed by atoms with Crippen molar-refractivity contribution < 1.29 is 29.0 Å². The van der Waals surface area contributed by atoms with Crippen LogP contribution in [0.25, 0.3) is 10.9 Å². The Hall–Kier alpha value is -5.68. The monoisotopic (exact) mass is 755 g/mol. The van der Waals surface area contributed by atoms with Crippen LogP contribution < -0.4 is 14.8 Å². The molecule has 8 rings (SSSR count). The van der Waals surface area contributed by atoms with E-state index in [-0.39, 0.29) is 30.2 Å². The van der Waals surface area contributed by atoms with Gasteiger partial charge in [-0.15, -0.1) is 0 Å². The summed E-state index contributed by atoms with van der Waals surface area (Å²) in [6.07, 6.45) is 4.67. The number of unbranched alkanes of at least 4 members (excludes halogenated alkanes) is 1. The van der Waals surface area contributed by atoms with Gasteiger partial charge in [-0.2, -0.15) is 5.10 Å². The maximum absolute atomic E-state index is 13.0. The zero-order chi connectivity index (χ0) is 38.6. The van der Waals surface area contributed by atoms with Crippen molar-refractivity contribution in [3.8, 4) is 17.2 Å². The van der Waals surface area contributed by atoms with E-state index in [0.717, 1.165) is 62.0 Å². The Kier molecular flexibility index (Phi) is 11.0. The Morgan fingerprint density at radius 2 is 1.62 bits per heavy atom. The number of fused-ring (bicyclic) bond motifs is 2. The number of hydrogen-bond donors (Lipinski definition) is 2. The molecule has 2 fully saturated rings. The largest absolute Gasteiger partial charge is 0.508 e. The van der Waals surface area contributed by atoms with Crippen molar-refractivity contribution in [3.63, 3.8) is 0 Å². The molecule has 3 heterocycles. The van der Waals surface area contributed by atoms with Crippen LogP contribution in [0.2, 0.25) is 0 Å². The van der Waals surface area contributed by atoms with Crippen LogP contribution in [0.3, 0.4) is 0 Å². The predicted octanol–water partition coefficient (Wildman–Crippen LogP) is 6.04. The third-order valence-corrected chi connectivity index (χ3v) is 11.7. The number of aromatic hydroxyl groups is 1. The Bertz CT molecular complexity index is 2190. The summed E-state index contributed by atoms with van der Waals surface area (Å²) in [5.41, 5.74) is 6.57. The first-order valence-corrected chi connectivity index (χ1v) is 19.8. The fourth-order valence-corrected chi connectivity index (χ4v) is 8.70. The van der Waals surface area contributed by atoms with Crippen molar-refractivity contribution in [2.45, 2.75) is 56.3 Å². The van der Waals surface area contributed by atoms with E-state index in [4.69, 9.17) is 9.47 Å². The number of rotatable bonds is 12. The van der Waals surface area contributed by atoms with Crippen LogP contribution in [-0.4, -0.2) is 88.3 Å². The lowest BCUT2D eigenvalue weighted by Gasteiger charge is -2.35. The highest BCUT2D eigenvalue weighted by Gasteiger charge is 2.33. The van der Waals surface area contributed by atoms with Crippen LogP contribution in [0.5, 0.6) is 17.2 Å². The maximum atomic E-state index is 13.0. The molecule has 2 saturated heterocycles. The van der Waals surface area contributed by atoms with Crippen LogP contribution in [0.15, 0.2) is 91.0 Å². The third-order valence-electron chi connectivity index (χ3n) is 11.7. The van der Waals surface area contributed by atoms with Gasteiger partial charge in [-0.3, -0.25) is 29.3 Å². The number of imide groups is 1. The number of ether oxygens (including phenoxy) is 2. The number of hydrogen-bond acceptors (Lipinski definition) is 8. The molecule has 1 aliphatic carbocycles. The van der Waals surface area contributed by atoms with Crippen LogP contribution in [0.4, 0.5) is 0 Å². The Balaban J connectivity index is 0.765. The number of phenols is 1. The molecular weight excluding hydrogens is 707 g/mol. The lowest BCUT2D eigenvalue weighted by molar-refractivity contribution is -0.135. The number of aromatic nitrogens is 2. The second-order valence-electron chi connectivity index (χ2n) is 15.2. The second kappa shape index (κ2) is 16.6. The zero-order valence-corrected chi connectivity index (χ0v) is 31.9. The Morgan fingerprint density at radius 1 is 0.839 bits per heavy atom. The third kappa shape index (κ3) is 8.14.